The number of nitrogens with zero attached hydrogens (tertiary/aromatic N) is 1. The van der Waals surface area contributed by atoms with E-state index in [1.54, 1.807) is 17.9 Å². The highest BCUT2D eigenvalue weighted by atomic mass is 79.9. The molecule has 0 radical (unpaired) electrons. The first-order valence-electron chi connectivity index (χ1n) is 5.81. The Labute approximate surface area is 123 Å². The minimum Gasteiger partial charge on any atom is -0.311 e. The lowest BCUT2D eigenvalue weighted by molar-refractivity contribution is -0.117. The van der Waals surface area contributed by atoms with Crippen LogP contribution in [0.2, 0.25) is 0 Å². The van der Waals surface area contributed by atoms with Crippen LogP contribution >= 0.6 is 27.7 Å². The summed E-state index contributed by atoms with van der Waals surface area (Å²) in [6.45, 7) is 3.75. The standard InChI is InChI=1S/C13H13BrFNO2S/c1-7-3-11(15)10(14)5-12(7)16-6-9(4-13(16)18)19-8(2)17/h3,5,9H,4,6H2,1-2H3. The second-order valence-electron chi connectivity index (χ2n) is 4.49. The van der Waals surface area contributed by atoms with Gasteiger partial charge in [0.05, 0.1) is 4.47 Å². The van der Waals surface area contributed by atoms with Crippen molar-refractivity contribution >= 4 is 44.4 Å². The second-order valence-corrected chi connectivity index (χ2v) is 6.82. The van der Waals surface area contributed by atoms with Gasteiger partial charge in [0.1, 0.15) is 5.82 Å². The molecule has 1 aromatic rings. The van der Waals surface area contributed by atoms with Crippen molar-refractivity contribution in [3.8, 4) is 0 Å². The van der Waals surface area contributed by atoms with Crippen LogP contribution in [0.5, 0.6) is 0 Å². The maximum Gasteiger partial charge on any atom is 0.228 e. The molecule has 0 aliphatic carbocycles. The van der Waals surface area contributed by atoms with Crippen LogP contribution in [0.15, 0.2) is 16.6 Å². The molecule has 0 bridgehead atoms. The Bertz CT molecular complexity index is 550. The monoisotopic (exact) mass is 345 g/mol. The van der Waals surface area contributed by atoms with Crippen LogP contribution in [0.25, 0.3) is 0 Å². The summed E-state index contributed by atoms with van der Waals surface area (Å²) < 4.78 is 13.7. The van der Waals surface area contributed by atoms with Crippen molar-refractivity contribution in [3.63, 3.8) is 0 Å². The van der Waals surface area contributed by atoms with E-state index in [4.69, 9.17) is 0 Å². The maximum absolute atomic E-state index is 13.4. The Morgan fingerprint density at radius 3 is 2.84 bits per heavy atom. The van der Waals surface area contributed by atoms with Crippen molar-refractivity contribution in [2.45, 2.75) is 25.5 Å². The van der Waals surface area contributed by atoms with E-state index in [0.717, 1.165) is 0 Å². The van der Waals surface area contributed by atoms with Gasteiger partial charge in [-0.25, -0.2) is 4.39 Å². The summed E-state index contributed by atoms with van der Waals surface area (Å²) in [5.74, 6) is -0.372. The average Bonchev–Trinajstić information content (AvgIpc) is 2.63. The van der Waals surface area contributed by atoms with Gasteiger partial charge in [-0.1, -0.05) is 11.8 Å². The molecule has 0 spiro atoms. The Kier molecular flexibility index (Phi) is 4.30. The molecule has 6 heteroatoms. The fourth-order valence-electron chi connectivity index (χ4n) is 2.15. The molecule has 1 fully saturated rings. The zero-order valence-corrected chi connectivity index (χ0v) is 13.0. The molecule has 0 aromatic heterocycles. The predicted molar refractivity (Wildman–Crippen MR) is 77.9 cm³/mol. The molecular weight excluding hydrogens is 333 g/mol. The van der Waals surface area contributed by atoms with E-state index in [1.165, 1.54) is 24.8 Å². The molecule has 0 N–H and O–H groups in total. The first-order chi connectivity index (χ1) is 8.88. The number of hydrogen-bond donors (Lipinski definition) is 0. The first kappa shape index (κ1) is 14.5. The lowest BCUT2D eigenvalue weighted by atomic mass is 10.2. The fraction of sp³-hybridized carbons (Fsp3) is 0.385. The molecule has 1 atom stereocenters. The van der Waals surface area contributed by atoms with Gasteiger partial charge in [0.2, 0.25) is 5.91 Å². The molecule has 2 rings (SSSR count). The van der Waals surface area contributed by atoms with Crippen LogP contribution in [-0.2, 0) is 9.59 Å². The Balaban J connectivity index is 2.25. The first-order valence-corrected chi connectivity index (χ1v) is 7.49. The van der Waals surface area contributed by atoms with Crippen LogP contribution in [0, 0.1) is 12.7 Å². The number of thioether (sulfide) groups is 1. The Hall–Kier alpha value is -0.880. The van der Waals surface area contributed by atoms with Crippen LogP contribution in [0.4, 0.5) is 10.1 Å². The normalized spacial score (nSPS) is 19.1. The van der Waals surface area contributed by atoms with Crippen molar-refractivity contribution < 1.29 is 14.0 Å². The van der Waals surface area contributed by atoms with E-state index in [0.29, 0.717) is 28.7 Å². The van der Waals surface area contributed by atoms with E-state index in [-0.39, 0.29) is 22.1 Å². The maximum atomic E-state index is 13.4. The van der Waals surface area contributed by atoms with Crippen molar-refractivity contribution in [1.29, 1.82) is 0 Å². The summed E-state index contributed by atoms with van der Waals surface area (Å²) in [7, 11) is 0. The van der Waals surface area contributed by atoms with E-state index in [9.17, 15) is 14.0 Å². The third-order valence-electron chi connectivity index (χ3n) is 2.95. The highest BCUT2D eigenvalue weighted by molar-refractivity contribution is 9.10. The highest BCUT2D eigenvalue weighted by Gasteiger charge is 2.32. The number of rotatable bonds is 2. The van der Waals surface area contributed by atoms with Gasteiger partial charge >= 0.3 is 0 Å². The summed E-state index contributed by atoms with van der Waals surface area (Å²) in [6.07, 6.45) is 0.346. The number of anilines is 1. The third kappa shape index (κ3) is 3.17. The van der Waals surface area contributed by atoms with E-state index < -0.39 is 0 Å². The Morgan fingerprint density at radius 2 is 2.21 bits per heavy atom. The molecule has 1 aromatic carbocycles. The molecule has 0 saturated carbocycles. The lowest BCUT2D eigenvalue weighted by Crippen LogP contribution is -2.25. The van der Waals surface area contributed by atoms with Crippen LogP contribution < -0.4 is 4.90 Å². The highest BCUT2D eigenvalue weighted by Crippen LogP contribution is 2.33. The Morgan fingerprint density at radius 1 is 1.53 bits per heavy atom. The predicted octanol–water partition coefficient (Wildman–Crippen LogP) is 3.28. The van der Waals surface area contributed by atoms with Gasteiger partial charge in [0.25, 0.3) is 0 Å². The minimum absolute atomic E-state index is 0.0108. The summed E-state index contributed by atoms with van der Waals surface area (Å²) >= 11 is 4.32. The molecule has 1 heterocycles. The van der Waals surface area contributed by atoms with Gasteiger partial charge in [0.15, 0.2) is 5.12 Å². The largest absolute Gasteiger partial charge is 0.311 e. The van der Waals surface area contributed by atoms with Crippen LogP contribution in [0.3, 0.4) is 0 Å². The number of benzene rings is 1. The third-order valence-corrected chi connectivity index (χ3v) is 4.54. The van der Waals surface area contributed by atoms with Crippen molar-refractivity contribution in [2.24, 2.45) is 0 Å². The zero-order chi connectivity index (χ0) is 14.2. The zero-order valence-electron chi connectivity index (χ0n) is 10.6. The second kappa shape index (κ2) is 5.63. The molecular formula is C13H13BrFNO2S. The fourth-order valence-corrected chi connectivity index (χ4v) is 3.40. The summed E-state index contributed by atoms with van der Waals surface area (Å²) in [5.41, 5.74) is 1.41. The molecule has 1 unspecified atom stereocenters. The molecule has 19 heavy (non-hydrogen) atoms. The molecule has 1 amide bonds. The van der Waals surface area contributed by atoms with Gasteiger partial charge in [-0.05, 0) is 40.5 Å². The topological polar surface area (TPSA) is 37.4 Å². The number of aryl methyl sites for hydroxylation is 1. The quantitative estimate of drug-likeness (QED) is 0.825. The minimum atomic E-state index is -0.345. The number of hydrogen-bond acceptors (Lipinski definition) is 3. The van der Waals surface area contributed by atoms with Gasteiger partial charge in [-0.2, -0.15) is 0 Å². The number of amides is 1. The van der Waals surface area contributed by atoms with Crippen molar-refractivity contribution in [3.05, 3.63) is 28.0 Å². The van der Waals surface area contributed by atoms with Gasteiger partial charge < -0.3 is 4.90 Å². The van der Waals surface area contributed by atoms with Crippen LogP contribution in [-0.4, -0.2) is 22.8 Å². The summed E-state index contributed by atoms with van der Waals surface area (Å²) in [5, 5.41) is -0.00936. The van der Waals surface area contributed by atoms with Gasteiger partial charge in [-0.3, -0.25) is 9.59 Å². The molecule has 102 valence electrons. The molecule has 3 nitrogen and oxygen atoms in total. The van der Waals surface area contributed by atoms with E-state index >= 15 is 0 Å². The SMILES string of the molecule is CC(=O)SC1CC(=O)N(c2cc(Br)c(F)cc2C)C1. The van der Waals surface area contributed by atoms with Gasteiger partial charge in [0, 0.05) is 30.8 Å². The number of carbonyl (C=O) groups is 2. The molecule has 1 aliphatic rings. The van der Waals surface area contributed by atoms with Crippen molar-refractivity contribution in [1.82, 2.24) is 0 Å². The number of carbonyl (C=O) groups excluding carboxylic acids is 2. The summed E-state index contributed by atoms with van der Waals surface area (Å²) in [6, 6.07) is 3.02. The number of halogens is 2. The van der Waals surface area contributed by atoms with Crippen LogP contribution in [0.1, 0.15) is 18.9 Å². The van der Waals surface area contributed by atoms with Crippen molar-refractivity contribution in [2.75, 3.05) is 11.4 Å². The molecule has 1 saturated heterocycles. The van der Waals surface area contributed by atoms with Gasteiger partial charge in [-0.15, -0.1) is 0 Å². The average molecular weight is 346 g/mol. The smallest absolute Gasteiger partial charge is 0.228 e. The molecule has 1 aliphatic heterocycles. The summed E-state index contributed by atoms with van der Waals surface area (Å²) in [4.78, 5) is 24.7. The lowest BCUT2D eigenvalue weighted by Gasteiger charge is -2.19. The van der Waals surface area contributed by atoms with E-state index in [2.05, 4.69) is 15.9 Å². The van der Waals surface area contributed by atoms with E-state index in [1.807, 2.05) is 0 Å².